The lowest BCUT2D eigenvalue weighted by molar-refractivity contribution is 0.595. The van der Waals surface area contributed by atoms with Crippen molar-refractivity contribution in [2.45, 2.75) is 5.16 Å². The molecule has 0 aliphatic rings. The van der Waals surface area contributed by atoms with Crippen LogP contribution in [0.2, 0.25) is 5.02 Å². The minimum Gasteiger partial charge on any atom is -0.426 e. The Hall–Kier alpha value is -0.340. The molecule has 15 heavy (non-hydrogen) atoms. The van der Waals surface area contributed by atoms with Gasteiger partial charge < -0.3 is 9.97 Å². The highest BCUT2D eigenvalue weighted by Gasteiger charge is 2.05. The fourth-order valence-corrected chi connectivity index (χ4v) is 2.24. The van der Waals surface area contributed by atoms with Crippen LogP contribution >= 0.6 is 34.2 Å². The Labute approximate surface area is 105 Å². The number of hydrogen-bond acceptors (Lipinski definition) is 3. The Morgan fingerprint density at radius 2 is 2.13 bits per heavy atom. The van der Waals surface area contributed by atoms with Crippen LogP contribution in [0.25, 0.3) is 11.0 Å². The van der Waals surface area contributed by atoms with Gasteiger partial charge in [-0.05, 0) is 45.8 Å². The summed E-state index contributed by atoms with van der Waals surface area (Å²) in [5.74, 6) is 0. The van der Waals surface area contributed by atoms with Crippen LogP contribution in [0.5, 0.6) is 0 Å². The molecule has 7 heteroatoms. The molecule has 0 aliphatic carbocycles. The molecule has 0 radical (unpaired) electrons. The highest BCUT2D eigenvalue weighted by Crippen LogP contribution is 2.24. The van der Waals surface area contributed by atoms with Crippen LogP contribution in [0.3, 0.4) is 0 Å². The first-order valence-corrected chi connectivity index (χ1v) is 7.22. The lowest BCUT2D eigenvalue weighted by Gasteiger charge is -1.98. The molecule has 0 atom stereocenters. The summed E-state index contributed by atoms with van der Waals surface area (Å²) in [6.07, 6.45) is 1.08. The van der Waals surface area contributed by atoms with Crippen LogP contribution in [-0.2, 0) is 9.84 Å². The van der Waals surface area contributed by atoms with Crippen molar-refractivity contribution in [2.24, 2.45) is 0 Å². The molecule has 0 unspecified atom stereocenters. The smallest absolute Gasteiger partial charge is 0.168 e. The number of hydrogen-bond donors (Lipinski definition) is 0. The molecule has 2 rings (SSSR count). The van der Waals surface area contributed by atoms with E-state index in [-0.39, 0.29) is 5.16 Å². The van der Waals surface area contributed by atoms with Crippen LogP contribution in [0, 0.1) is 3.57 Å². The van der Waals surface area contributed by atoms with Crippen molar-refractivity contribution in [3.8, 4) is 0 Å². The molecule has 4 nitrogen and oxygen atoms in total. The van der Waals surface area contributed by atoms with E-state index < -0.39 is 9.84 Å². The molecule has 0 bridgehead atoms. The maximum atomic E-state index is 11.2. The SMILES string of the molecule is CS(=O)(=O)c1nc2cc(Cl)c(I)cc2[n-]1. The van der Waals surface area contributed by atoms with E-state index in [4.69, 9.17) is 11.6 Å². The summed E-state index contributed by atoms with van der Waals surface area (Å²) in [6.45, 7) is 0. The van der Waals surface area contributed by atoms with Gasteiger partial charge in [0.05, 0.1) is 5.02 Å². The van der Waals surface area contributed by atoms with Gasteiger partial charge in [-0.1, -0.05) is 11.6 Å². The highest BCUT2D eigenvalue weighted by molar-refractivity contribution is 14.1. The standard InChI is InChI=1S/C8H5ClIN2O2S/c1-15(13,14)8-11-6-2-4(9)5(10)3-7(6)12-8/h2-3H,1H3/q-1. The Kier molecular flexibility index (Phi) is 2.68. The largest absolute Gasteiger partial charge is 0.426 e. The molecule has 0 amide bonds. The van der Waals surface area contributed by atoms with Crippen molar-refractivity contribution in [3.05, 3.63) is 20.7 Å². The number of fused-ring (bicyclic) bond motifs is 1. The van der Waals surface area contributed by atoms with Crippen molar-refractivity contribution in [1.29, 1.82) is 0 Å². The molecule has 0 fully saturated rings. The maximum Gasteiger partial charge on any atom is 0.168 e. The van der Waals surface area contributed by atoms with E-state index in [1.165, 1.54) is 0 Å². The average molecular weight is 356 g/mol. The third-order valence-corrected chi connectivity index (χ3v) is 4.15. The zero-order valence-corrected chi connectivity index (χ0v) is 11.3. The normalized spacial score (nSPS) is 12.2. The van der Waals surface area contributed by atoms with E-state index in [9.17, 15) is 8.42 Å². The first-order chi connectivity index (χ1) is 6.88. The quantitative estimate of drug-likeness (QED) is 0.733. The van der Waals surface area contributed by atoms with Crippen molar-refractivity contribution < 1.29 is 8.42 Å². The molecule has 0 aliphatic heterocycles. The van der Waals surface area contributed by atoms with Gasteiger partial charge in [0, 0.05) is 15.0 Å². The Balaban J connectivity index is 2.77. The topological polar surface area (TPSA) is 61.1 Å². The van der Waals surface area contributed by atoms with Crippen molar-refractivity contribution in [1.82, 2.24) is 9.97 Å². The lowest BCUT2D eigenvalue weighted by Crippen LogP contribution is -2.00. The third kappa shape index (κ3) is 2.11. The van der Waals surface area contributed by atoms with Gasteiger partial charge in [-0.15, -0.1) is 0 Å². The minimum absolute atomic E-state index is 0.157. The molecular formula is C8H5ClIN2O2S-. The van der Waals surface area contributed by atoms with Crippen molar-refractivity contribution in [2.75, 3.05) is 6.26 Å². The van der Waals surface area contributed by atoms with Crippen molar-refractivity contribution >= 4 is 55.1 Å². The Morgan fingerprint density at radius 1 is 1.47 bits per heavy atom. The molecule has 80 valence electrons. The summed E-state index contributed by atoms with van der Waals surface area (Å²) < 4.78 is 23.2. The highest BCUT2D eigenvalue weighted by atomic mass is 127. The van der Waals surface area contributed by atoms with Gasteiger partial charge in [-0.3, -0.25) is 0 Å². The fourth-order valence-electron chi connectivity index (χ4n) is 1.10. The van der Waals surface area contributed by atoms with Crippen LogP contribution in [0.1, 0.15) is 0 Å². The Morgan fingerprint density at radius 3 is 2.73 bits per heavy atom. The molecule has 0 saturated heterocycles. The van der Waals surface area contributed by atoms with E-state index >= 15 is 0 Å². The molecule has 2 aromatic rings. The lowest BCUT2D eigenvalue weighted by atomic mass is 10.3. The van der Waals surface area contributed by atoms with Crippen LogP contribution in [0.15, 0.2) is 17.3 Å². The summed E-state index contributed by atoms with van der Waals surface area (Å²) in [5, 5.41) is 0.388. The first kappa shape index (κ1) is 11.2. The summed E-state index contributed by atoms with van der Waals surface area (Å²) in [7, 11) is -3.36. The maximum absolute atomic E-state index is 11.2. The molecule has 1 aromatic carbocycles. The average Bonchev–Trinajstić information content (AvgIpc) is 2.47. The summed E-state index contributed by atoms with van der Waals surface area (Å²) in [6, 6.07) is 3.32. The van der Waals surface area contributed by atoms with Crippen LogP contribution < -0.4 is 4.98 Å². The fraction of sp³-hybridized carbons (Fsp3) is 0.125. The number of benzene rings is 1. The van der Waals surface area contributed by atoms with Gasteiger partial charge in [-0.2, -0.15) is 0 Å². The second kappa shape index (κ2) is 3.60. The van der Waals surface area contributed by atoms with Gasteiger partial charge in [-0.25, -0.2) is 8.42 Å². The second-order valence-corrected chi connectivity index (χ2v) is 6.51. The zero-order valence-electron chi connectivity index (χ0n) is 7.53. The van der Waals surface area contributed by atoms with Gasteiger partial charge in [0.2, 0.25) is 0 Å². The van der Waals surface area contributed by atoms with E-state index in [1.807, 2.05) is 0 Å². The van der Waals surface area contributed by atoms with Gasteiger partial charge >= 0.3 is 0 Å². The molecule has 1 aromatic heterocycles. The van der Waals surface area contributed by atoms with E-state index in [0.717, 1.165) is 9.83 Å². The number of rotatable bonds is 1. The molecular weight excluding hydrogens is 351 g/mol. The van der Waals surface area contributed by atoms with Gasteiger partial charge in [0.15, 0.2) is 9.84 Å². The van der Waals surface area contributed by atoms with E-state index in [1.54, 1.807) is 12.1 Å². The molecule has 0 spiro atoms. The van der Waals surface area contributed by atoms with Crippen LogP contribution in [-0.4, -0.2) is 19.7 Å². The number of imidazole rings is 1. The number of sulfone groups is 1. The number of nitrogens with zero attached hydrogens (tertiary/aromatic N) is 2. The zero-order chi connectivity index (χ0) is 11.2. The summed E-state index contributed by atoms with van der Waals surface area (Å²) >= 11 is 7.94. The van der Waals surface area contributed by atoms with E-state index in [0.29, 0.717) is 16.1 Å². The molecule has 0 N–H and O–H groups in total. The predicted molar refractivity (Wildman–Crippen MR) is 65.9 cm³/mol. The number of halogens is 2. The van der Waals surface area contributed by atoms with Gasteiger partial charge in [0.1, 0.15) is 0 Å². The van der Waals surface area contributed by atoms with Crippen LogP contribution in [0.4, 0.5) is 0 Å². The molecule has 0 saturated carbocycles. The minimum atomic E-state index is -3.36. The second-order valence-electron chi connectivity index (χ2n) is 3.03. The predicted octanol–water partition coefficient (Wildman–Crippen LogP) is 1.85. The summed E-state index contributed by atoms with van der Waals surface area (Å²) in [4.78, 5) is 7.82. The monoisotopic (exact) mass is 355 g/mol. The molecule has 1 heterocycles. The van der Waals surface area contributed by atoms with Crippen molar-refractivity contribution in [3.63, 3.8) is 0 Å². The third-order valence-electron chi connectivity index (χ3n) is 1.78. The van der Waals surface area contributed by atoms with Gasteiger partial charge in [0.25, 0.3) is 0 Å². The van der Waals surface area contributed by atoms with E-state index in [2.05, 4.69) is 32.6 Å². The summed E-state index contributed by atoms with van der Waals surface area (Å²) in [5.41, 5.74) is 1.05. The Bertz CT molecular complexity index is 596. The number of aromatic nitrogens is 2. The first-order valence-electron chi connectivity index (χ1n) is 3.87.